The minimum Gasteiger partial charge on any atom is -0.497 e. The summed E-state index contributed by atoms with van der Waals surface area (Å²) in [7, 11) is 4.12. The number of hydrogen-bond acceptors (Lipinski definition) is 6. The summed E-state index contributed by atoms with van der Waals surface area (Å²) >= 11 is 0. The van der Waals surface area contributed by atoms with Crippen molar-refractivity contribution in [2.24, 2.45) is 5.92 Å². The molecule has 6 nitrogen and oxygen atoms in total. The minimum atomic E-state index is -1.01. The SMILES string of the molecule is COC(=O)C(C[C@H](Nc1ccc(OC)cc1)c1ccccc1)C(=O)OC. The molecule has 1 atom stereocenters. The molecule has 0 heterocycles. The van der Waals surface area contributed by atoms with Gasteiger partial charge in [-0.1, -0.05) is 30.3 Å². The standard InChI is InChI=1S/C20H23NO5/c1-24-16-11-9-15(10-12-16)21-18(14-7-5-4-6-8-14)13-17(19(22)25-2)20(23)26-3/h4-12,17-18,21H,13H2,1-3H3/t18-/m0/s1. The Balaban J connectivity index is 2.28. The molecule has 0 spiro atoms. The zero-order valence-electron chi connectivity index (χ0n) is 15.1. The van der Waals surface area contributed by atoms with Crippen molar-refractivity contribution in [2.45, 2.75) is 12.5 Å². The van der Waals surface area contributed by atoms with Gasteiger partial charge in [-0.05, 0) is 36.2 Å². The van der Waals surface area contributed by atoms with Gasteiger partial charge in [-0.3, -0.25) is 9.59 Å². The number of anilines is 1. The first kappa shape index (κ1) is 19.3. The predicted octanol–water partition coefficient (Wildman–Crippen LogP) is 3.20. The van der Waals surface area contributed by atoms with E-state index in [-0.39, 0.29) is 12.5 Å². The van der Waals surface area contributed by atoms with Gasteiger partial charge < -0.3 is 19.5 Å². The summed E-state index contributed by atoms with van der Waals surface area (Å²) in [6.07, 6.45) is 0.204. The van der Waals surface area contributed by atoms with Gasteiger partial charge in [0.2, 0.25) is 0 Å². The van der Waals surface area contributed by atoms with Crippen LogP contribution in [0.5, 0.6) is 5.75 Å². The smallest absolute Gasteiger partial charge is 0.320 e. The molecule has 0 saturated heterocycles. The molecule has 2 aromatic carbocycles. The molecule has 0 bridgehead atoms. The van der Waals surface area contributed by atoms with Gasteiger partial charge in [0.05, 0.1) is 27.4 Å². The molecule has 2 aromatic rings. The molecule has 0 aliphatic heterocycles. The number of nitrogens with one attached hydrogen (secondary N) is 1. The molecule has 0 unspecified atom stereocenters. The van der Waals surface area contributed by atoms with Crippen LogP contribution in [0.2, 0.25) is 0 Å². The van der Waals surface area contributed by atoms with E-state index in [9.17, 15) is 9.59 Å². The Kier molecular flexibility index (Phi) is 7.02. The molecule has 138 valence electrons. The van der Waals surface area contributed by atoms with Crippen LogP contribution in [0.15, 0.2) is 54.6 Å². The number of carbonyl (C=O) groups is 2. The van der Waals surface area contributed by atoms with E-state index in [1.54, 1.807) is 7.11 Å². The summed E-state index contributed by atoms with van der Waals surface area (Å²) < 4.78 is 14.7. The molecule has 26 heavy (non-hydrogen) atoms. The zero-order chi connectivity index (χ0) is 18.9. The molecular weight excluding hydrogens is 334 g/mol. The van der Waals surface area contributed by atoms with Gasteiger partial charge >= 0.3 is 11.9 Å². The second-order valence-electron chi connectivity index (χ2n) is 5.67. The second-order valence-corrected chi connectivity index (χ2v) is 5.67. The Morgan fingerprint density at radius 2 is 1.46 bits per heavy atom. The van der Waals surface area contributed by atoms with E-state index < -0.39 is 17.9 Å². The van der Waals surface area contributed by atoms with Crippen molar-refractivity contribution in [1.82, 2.24) is 0 Å². The fourth-order valence-corrected chi connectivity index (χ4v) is 2.66. The third-order valence-corrected chi connectivity index (χ3v) is 4.08. The van der Waals surface area contributed by atoms with Crippen molar-refractivity contribution >= 4 is 17.6 Å². The normalized spacial score (nSPS) is 11.5. The Morgan fingerprint density at radius 3 is 1.96 bits per heavy atom. The quantitative estimate of drug-likeness (QED) is 0.578. The van der Waals surface area contributed by atoms with Crippen LogP contribution in [0.25, 0.3) is 0 Å². The molecule has 0 aromatic heterocycles. The van der Waals surface area contributed by atoms with Crippen molar-refractivity contribution in [2.75, 3.05) is 26.6 Å². The number of hydrogen-bond donors (Lipinski definition) is 1. The second kappa shape index (κ2) is 9.46. The maximum absolute atomic E-state index is 12.0. The van der Waals surface area contributed by atoms with Crippen LogP contribution in [-0.2, 0) is 19.1 Å². The third-order valence-electron chi connectivity index (χ3n) is 4.08. The van der Waals surface area contributed by atoms with Crippen LogP contribution < -0.4 is 10.1 Å². The maximum atomic E-state index is 12.0. The summed E-state index contributed by atoms with van der Waals surface area (Å²) in [6, 6.07) is 16.7. The van der Waals surface area contributed by atoms with Crippen LogP contribution in [0.1, 0.15) is 18.0 Å². The van der Waals surface area contributed by atoms with Gasteiger partial charge in [0, 0.05) is 5.69 Å². The van der Waals surface area contributed by atoms with Gasteiger partial charge in [-0.2, -0.15) is 0 Å². The average molecular weight is 357 g/mol. The first-order chi connectivity index (χ1) is 12.6. The van der Waals surface area contributed by atoms with Gasteiger partial charge in [0.1, 0.15) is 5.75 Å². The van der Waals surface area contributed by atoms with Crippen molar-refractivity contribution in [3.63, 3.8) is 0 Å². The van der Waals surface area contributed by atoms with E-state index in [1.165, 1.54) is 14.2 Å². The third kappa shape index (κ3) is 4.99. The molecule has 0 saturated carbocycles. The van der Waals surface area contributed by atoms with Crippen molar-refractivity contribution in [3.05, 3.63) is 60.2 Å². The van der Waals surface area contributed by atoms with Crippen LogP contribution >= 0.6 is 0 Å². The summed E-state index contributed by atoms with van der Waals surface area (Å²) in [5.74, 6) is -1.50. The lowest BCUT2D eigenvalue weighted by molar-refractivity contribution is -0.159. The monoisotopic (exact) mass is 357 g/mol. The van der Waals surface area contributed by atoms with Crippen LogP contribution in [0.4, 0.5) is 5.69 Å². The van der Waals surface area contributed by atoms with Gasteiger partial charge in [0.25, 0.3) is 0 Å². The topological polar surface area (TPSA) is 73.9 Å². The lowest BCUT2D eigenvalue weighted by Crippen LogP contribution is -2.30. The van der Waals surface area contributed by atoms with Crippen molar-refractivity contribution < 1.29 is 23.8 Å². The van der Waals surface area contributed by atoms with Crippen molar-refractivity contribution in [3.8, 4) is 5.75 Å². The number of ether oxygens (including phenoxy) is 3. The first-order valence-corrected chi connectivity index (χ1v) is 8.20. The fourth-order valence-electron chi connectivity index (χ4n) is 2.66. The van der Waals surface area contributed by atoms with E-state index >= 15 is 0 Å². The number of rotatable bonds is 8. The molecule has 2 rings (SSSR count). The van der Waals surface area contributed by atoms with Crippen LogP contribution in [0.3, 0.4) is 0 Å². The molecule has 0 aliphatic carbocycles. The highest BCUT2D eigenvalue weighted by Gasteiger charge is 2.32. The number of methoxy groups -OCH3 is 3. The lowest BCUT2D eigenvalue weighted by Gasteiger charge is -2.23. The summed E-state index contributed by atoms with van der Waals surface area (Å²) in [4.78, 5) is 24.1. The van der Waals surface area contributed by atoms with Gasteiger partial charge in [-0.15, -0.1) is 0 Å². The maximum Gasteiger partial charge on any atom is 0.320 e. The van der Waals surface area contributed by atoms with Gasteiger partial charge in [0.15, 0.2) is 5.92 Å². The summed E-state index contributed by atoms with van der Waals surface area (Å²) in [5, 5.41) is 3.36. The molecule has 0 radical (unpaired) electrons. The molecular formula is C20H23NO5. The van der Waals surface area contributed by atoms with E-state index in [2.05, 4.69) is 5.32 Å². The predicted molar refractivity (Wildman–Crippen MR) is 97.9 cm³/mol. The number of carbonyl (C=O) groups excluding carboxylic acids is 2. The highest BCUT2D eigenvalue weighted by Crippen LogP contribution is 2.28. The van der Waals surface area contributed by atoms with Crippen molar-refractivity contribution in [1.29, 1.82) is 0 Å². The molecule has 6 heteroatoms. The Morgan fingerprint density at radius 1 is 0.885 bits per heavy atom. The number of esters is 2. The summed E-state index contributed by atoms with van der Waals surface area (Å²) in [6.45, 7) is 0. The van der Waals surface area contributed by atoms with E-state index in [4.69, 9.17) is 14.2 Å². The Bertz CT molecular complexity index is 699. The van der Waals surface area contributed by atoms with Crippen LogP contribution in [-0.4, -0.2) is 33.3 Å². The summed E-state index contributed by atoms with van der Waals surface area (Å²) in [5.41, 5.74) is 1.79. The van der Waals surface area contributed by atoms with Crippen LogP contribution in [0, 0.1) is 5.92 Å². The molecule has 0 fully saturated rings. The number of benzene rings is 2. The largest absolute Gasteiger partial charge is 0.497 e. The molecule has 1 N–H and O–H groups in total. The highest BCUT2D eigenvalue weighted by molar-refractivity contribution is 5.94. The zero-order valence-corrected chi connectivity index (χ0v) is 15.1. The van der Waals surface area contributed by atoms with E-state index in [1.807, 2.05) is 54.6 Å². The molecule has 0 aliphatic rings. The fraction of sp³-hybridized carbons (Fsp3) is 0.300. The van der Waals surface area contributed by atoms with E-state index in [0.29, 0.717) is 0 Å². The first-order valence-electron chi connectivity index (χ1n) is 8.20. The Hall–Kier alpha value is -3.02. The lowest BCUT2D eigenvalue weighted by atomic mass is 9.94. The van der Waals surface area contributed by atoms with Gasteiger partial charge in [-0.25, -0.2) is 0 Å². The average Bonchev–Trinajstić information content (AvgIpc) is 2.71. The minimum absolute atomic E-state index is 0.204. The van der Waals surface area contributed by atoms with E-state index in [0.717, 1.165) is 17.0 Å². The highest BCUT2D eigenvalue weighted by atomic mass is 16.5. The molecule has 0 amide bonds. The Labute approximate surface area is 153 Å².